The Labute approximate surface area is 250 Å². The molecule has 2 atom stereocenters. The maximum atomic E-state index is 13.4. The molecular formula is C27H33N7O6S2. The van der Waals surface area contributed by atoms with Crippen LogP contribution in [0.4, 0.5) is 5.69 Å². The summed E-state index contributed by atoms with van der Waals surface area (Å²) >= 11 is 0. The number of benzene rings is 2. The number of anilines is 1. The van der Waals surface area contributed by atoms with Gasteiger partial charge in [0.2, 0.25) is 17.7 Å². The number of carboxylic acid groups (broad SMARTS) is 1. The molecule has 2 aromatic carbocycles. The number of aliphatic carboxylic acids is 1. The van der Waals surface area contributed by atoms with E-state index in [9.17, 15) is 29.1 Å². The highest BCUT2D eigenvalue weighted by Gasteiger charge is 2.29. The molecule has 224 valence electrons. The Morgan fingerprint density at radius 1 is 1.05 bits per heavy atom. The van der Waals surface area contributed by atoms with Gasteiger partial charge in [-0.25, -0.2) is 0 Å². The van der Waals surface area contributed by atoms with Gasteiger partial charge in [0.05, 0.1) is 24.2 Å². The molecule has 15 heteroatoms. The van der Waals surface area contributed by atoms with Gasteiger partial charge in [-0.05, 0) is 37.1 Å². The fraction of sp³-hybridized carbons (Fsp3) is 0.333. The first-order chi connectivity index (χ1) is 20.1. The van der Waals surface area contributed by atoms with Crippen LogP contribution in [0.15, 0.2) is 63.3 Å². The van der Waals surface area contributed by atoms with Gasteiger partial charge in [-0.2, -0.15) is 0 Å². The van der Waals surface area contributed by atoms with Gasteiger partial charge in [0, 0.05) is 30.4 Å². The topological polar surface area (TPSA) is 195 Å². The van der Waals surface area contributed by atoms with Gasteiger partial charge in [0.1, 0.15) is 12.1 Å². The smallest absolute Gasteiger partial charge is 0.305 e. The van der Waals surface area contributed by atoms with E-state index in [1.54, 1.807) is 48.5 Å². The SMILES string of the molecule is CN=C(N)NCCC[C@@H]1NC(=O)c2ccccc2SSc2ccccc2N(C)C(=O)[C@H](CC(=O)O)NC(=O)CNC1=O. The average molecular weight is 616 g/mol. The highest BCUT2D eigenvalue weighted by molar-refractivity contribution is 8.76. The normalized spacial score (nSPS) is 19.0. The summed E-state index contributed by atoms with van der Waals surface area (Å²) in [4.78, 5) is 70.6. The Kier molecular flexibility index (Phi) is 12.0. The monoisotopic (exact) mass is 615 g/mol. The second-order valence-electron chi connectivity index (χ2n) is 9.17. The number of para-hydroxylation sites is 1. The molecule has 2 aromatic rings. The third kappa shape index (κ3) is 9.14. The van der Waals surface area contributed by atoms with Gasteiger partial charge < -0.3 is 37.0 Å². The van der Waals surface area contributed by atoms with Crippen molar-refractivity contribution in [3.63, 3.8) is 0 Å². The number of carbonyl (C=O) groups is 5. The van der Waals surface area contributed by atoms with Crippen LogP contribution >= 0.6 is 21.6 Å². The lowest BCUT2D eigenvalue weighted by molar-refractivity contribution is -0.140. The molecule has 0 aliphatic carbocycles. The van der Waals surface area contributed by atoms with Crippen molar-refractivity contribution < 1.29 is 29.1 Å². The molecular weight excluding hydrogens is 582 g/mol. The molecule has 7 N–H and O–H groups in total. The highest BCUT2D eigenvalue weighted by Crippen LogP contribution is 2.43. The molecule has 0 bridgehead atoms. The Morgan fingerprint density at radius 3 is 2.43 bits per heavy atom. The first kappa shape index (κ1) is 32.3. The molecule has 0 saturated heterocycles. The maximum absolute atomic E-state index is 13.4. The standard InChI is InChI=1S/C27H33N7O6S2/c1-29-27(28)30-13-7-9-17-25(39)31-15-22(35)32-18(14-23(36)37)26(40)34(2)19-10-4-6-12-21(19)42-41-20-11-5-3-8-16(20)24(38)33-17/h3-6,8,10-12,17-18H,7,9,13-15H2,1-2H3,(H,31,39)(H,32,35)(H,33,38)(H,36,37)(H3,28,29,30)/t17-,18-/m0/s1. The summed E-state index contributed by atoms with van der Waals surface area (Å²) in [5.74, 6) is -3.55. The Balaban J connectivity index is 1.95. The number of nitrogens with two attached hydrogens (primary N) is 1. The van der Waals surface area contributed by atoms with Crippen molar-refractivity contribution in [3.05, 3.63) is 54.1 Å². The predicted octanol–water partition coefficient (Wildman–Crippen LogP) is 0.951. The number of amides is 4. The largest absolute Gasteiger partial charge is 0.481 e. The Bertz CT molecular complexity index is 1360. The number of hydrogen-bond acceptors (Lipinski definition) is 8. The average Bonchev–Trinajstić information content (AvgIpc) is 2.98. The van der Waals surface area contributed by atoms with E-state index in [-0.39, 0.29) is 12.4 Å². The molecule has 13 nitrogen and oxygen atoms in total. The summed E-state index contributed by atoms with van der Waals surface area (Å²) in [7, 11) is 5.62. The van der Waals surface area contributed by atoms with Crippen LogP contribution < -0.4 is 31.9 Å². The number of nitrogens with zero attached hydrogens (tertiary/aromatic N) is 2. The van der Waals surface area contributed by atoms with Crippen LogP contribution in [0.3, 0.4) is 0 Å². The van der Waals surface area contributed by atoms with Crippen molar-refractivity contribution in [2.75, 3.05) is 32.1 Å². The van der Waals surface area contributed by atoms with E-state index in [1.807, 2.05) is 0 Å². The molecule has 1 aliphatic heterocycles. The molecule has 4 amide bonds. The number of hydrogen-bond donors (Lipinski definition) is 6. The lowest BCUT2D eigenvalue weighted by Crippen LogP contribution is -2.53. The van der Waals surface area contributed by atoms with Crippen molar-refractivity contribution in [1.29, 1.82) is 0 Å². The Hall–Kier alpha value is -4.24. The van der Waals surface area contributed by atoms with Gasteiger partial charge in [0.15, 0.2) is 5.96 Å². The number of fused-ring (bicyclic) bond motifs is 2. The number of nitrogens with one attached hydrogen (secondary N) is 4. The molecule has 1 aliphatic rings. The lowest BCUT2D eigenvalue weighted by Gasteiger charge is -2.25. The zero-order valence-electron chi connectivity index (χ0n) is 23.1. The minimum absolute atomic E-state index is 0.214. The molecule has 0 radical (unpaired) electrons. The Morgan fingerprint density at radius 2 is 1.71 bits per heavy atom. The molecule has 3 rings (SSSR count). The van der Waals surface area contributed by atoms with Gasteiger partial charge in [-0.3, -0.25) is 29.0 Å². The van der Waals surface area contributed by atoms with E-state index in [0.717, 1.165) is 0 Å². The molecule has 0 fully saturated rings. The number of guanidine groups is 1. The van der Waals surface area contributed by atoms with Crippen LogP contribution in [0.1, 0.15) is 29.6 Å². The molecule has 1 heterocycles. The van der Waals surface area contributed by atoms with E-state index >= 15 is 0 Å². The van der Waals surface area contributed by atoms with E-state index in [0.29, 0.717) is 34.0 Å². The van der Waals surface area contributed by atoms with E-state index < -0.39 is 54.6 Å². The van der Waals surface area contributed by atoms with Crippen LogP contribution in [0.5, 0.6) is 0 Å². The summed E-state index contributed by atoms with van der Waals surface area (Å²) in [6, 6.07) is 11.5. The van der Waals surface area contributed by atoms with Crippen LogP contribution in [-0.4, -0.2) is 79.9 Å². The lowest BCUT2D eigenvalue weighted by atomic mass is 10.1. The minimum Gasteiger partial charge on any atom is -0.481 e. The van der Waals surface area contributed by atoms with Gasteiger partial charge in [-0.15, -0.1) is 0 Å². The third-order valence-corrected chi connectivity index (χ3v) is 8.65. The van der Waals surface area contributed by atoms with Gasteiger partial charge in [-0.1, -0.05) is 45.9 Å². The van der Waals surface area contributed by atoms with Crippen molar-refractivity contribution in [2.24, 2.45) is 10.7 Å². The zero-order chi connectivity index (χ0) is 30.6. The molecule has 0 saturated carbocycles. The van der Waals surface area contributed by atoms with Crippen LogP contribution in [0.2, 0.25) is 0 Å². The second-order valence-corrected chi connectivity index (χ2v) is 11.4. The van der Waals surface area contributed by atoms with Crippen molar-refractivity contribution in [3.8, 4) is 0 Å². The first-order valence-electron chi connectivity index (χ1n) is 13.0. The van der Waals surface area contributed by atoms with Crippen LogP contribution in [0, 0.1) is 0 Å². The first-order valence-corrected chi connectivity index (χ1v) is 15.1. The highest BCUT2D eigenvalue weighted by atomic mass is 33.1. The predicted molar refractivity (Wildman–Crippen MR) is 161 cm³/mol. The van der Waals surface area contributed by atoms with Crippen molar-refractivity contribution in [1.82, 2.24) is 21.3 Å². The molecule has 0 aromatic heterocycles. The molecule has 0 spiro atoms. The van der Waals surface area contributed by atoms with Crippen LogP contribution in [-0.2, 0) is 19.2 Å². The van der Waals surface area contributed by atoms with Gasteiger partial charge in [0.25, 0.3) is 5.91 Å². The summed E-state index contributed by atoms with van der Waals surface area (Å²) in [5, 5.41) is 20.0. The van der Waals surface area contributed by atoms with Gasteiger partial charge >= 0.3 is 5.97 Å². The minimum atomic E-state index is -1.38. The van der Waals surface area contributed by atoms with Crippen LogP contribution in [0.25, 0.3) is 0 Å². The summed E-state index contributed by atoms with van der Waals surface area (Å²) in [6.07, 6.45) is -0.00689. The van der Waals surface area contributed by atoms with E-state index in [1.165, 1.54) is 40.6 Å². The zero-order valence-corrected chi connectivity index (χ0v) is 24.7. The summed E-state index contributed by atoms with van der Waals surface area (Å²) in [5.41, 5.74) is 6.49. The van der Waals surface area contributed by atoms with Crippen molar-refractivity contribution >= 4 is 62.8 Å². The fourth-order valence-electron chi connectivity index (χ4n) is 3.99. The number of carbonyl (C=O) groups excluding carboxylic acids is 4. The van der Waals surface area contributed by atoms with E-state index in [4.69, 9.17) is 5.73 Å². The third-order valence-electron chi connectivity index (χ3n) is 6.18. The van der Waals surface area contributed by atoms with Crippen molar-refractivity contribution in [2.45, 2.75) is 41.1 Å². The number of carboxylic acids is 1. The summed E-state index contributed by atoms with van der Waals surface area (Å²) in [6.45, 7) is -0.150. The fourth-order valence-corrected chi connectivity index (χ4v) is 6.38. The number of likely N-dealkylation sites (N-methyl/N-ethyl adjacent to an activating group) is 1. The maximum Gasteiger partial charge on any atom is 0.305 e. The number of aliphatic imine (C=N–C) groups is 1. The number of rotatable bonds is 6. The quantitative estimate of drug-likeness (QED) is 0.118. The molecule has 42 heavy (non-hydrogen) atoms. The molecule has 0 unspecified atom stereocenters. The second kappa shape index (κ2) is 15.7. The van der Waals surface area contributed by atoms with E-state index in [2.05, 4.69) is 26.3 Å². The summed E-state index contributed by atoms with van der Waals surface area (Å²) < 4.78 is 0.